The van der Waals surface area contributed by atoms with Gasteiger partial charge in [0.25, 0.3) is 0 Å². The van der Waals surface area contributed by atoms with Crippen LogP contribution < -0.4 is 0 Å². The number of hydrogen-bond donors (Lipinski definition) is 0. The van der Waals surface area contributed by atoms with E-state index in [9.17, 15) is 9.18 Å². The Balaban J connectivity index is 1.88. The third-order valence-electron chi connectivity index (χ3n) is 4.42. The predicted octanol–water partition coefficient (Wildman–Crippen LogP) is 3.74. The van der Waals surface area contributed by atoms with Gasteiger partial charge in [-0.2, -0.15) is 0 Å². The fraction of sp³-hybridized carbons (Fsp3) is 0.533. The molecule has 0 aromatic heterocycles. The molecule has 0 spiro atoms. The maximum Gasteiger partial charge on any atom is 0.136 e. The first-order valence-corrected chi connectivity index (χ1v) is 7.17. The van der Waals surface area contributed by atoms with Gasteiger partial charge < -0.3 is 0 Å². The van der Waals surface area contributed by atoms with Gasteiger partial charge in [-0.15, -0.1) is 0 Å². The summed E-state index contributed by atoms with van der Waals surface area (Å²) in [6.45, 7) is 2.08. The molecule has 19 heavy (non-hydrogen) atoms. The van der Waals surface area contributed by atoms with Crippen LogP contribution in [0.1, 0.15) is 44.2 Å². The Hall–Kier alpha value is -0.930. The maximum atomic E-state index is 13.5. The first kappa shape index (κ1) is 13.1. The van der Waals surface area contributed by atoms with Gasteiger partial charge in [0.15, 0.2) is 0 Å². The Morgan fingerprint density at radius 2 is 1.89 bits per heavy atom. The van der Waals surface area contributed by atoms with Gasteiger partial charge in [-0.3, -0.25) is 9.69 Å². The van der Waals surface area contributed by atoms with E-state index in [2.05, 4.69) is 11.8 Å². The molecule has 2 aliphatic rings. The summed E-state index contributed by atoms with van der Waals surface area (Å²) < 4.78 is 13.5. The second-order valence-corrected chi connectivity index (χ2v) is 6.09. The van der Waals surface area contributed by atoms with Crippen LogP contribution >= 0.6 is 11.6 Å². The molecule has 2 nitrogen and oxygen atoms in total. The normalized spacial score (nSPS) is 28.7. The highest BCUT2D eigenvalue weighted by Crippen LogP contribution is 2.40. The van der Waals surface area contributed by atoms with Gasteiger partial charge in [-0.1, -0.05) is 11.6 Å². The van der Waals surface area contributed by atoms with Gasteiger partial charge >= 0.3 is 0 Å². The predicted molar refractivity (Wildman–Crippen MR) is 72.7 cm³/mol. The minimum Gasteiger partial charge on any atom is -0.300 e. The number of rotatable bonds is 2. The fourth-order valence-electron chi connectivity index (χ4n) is 3.63. The summed E-state index contributed by atoms with van der Waals surface area (Å²) >= 11 is 5.93. The van der Waals surface area contributed by atoms with Crippen molar-refractivity contribution >= 4 is 17.4 Å². The van der Waals surface area contributed by atoms with E-state index in [1.807, 2.05) is 6.07 Å². The monoisotopic (exact) mass is 281 g/mol. The zero-order valence-electron chi connectivity index (χ0n) is 10.9. The summed E-state index contributed by atoms with van der Waals surface area (Å²) in [4.78, 5) is 14.0. The molecular formula is C15H17ClFNO. The van der Waals surface area contributed by atoms with Crippen LogP contribution in [0.2, 0.25) is 5.02 Å². The zero-order chi connectivity index (χ0) is 13.6. The van der Waals surface area contributed by atoms with Gasteiger partial charge in [-0.25, -0.2) is 4.39 Å². The quantitative estimate of drug-likeness (QED) is 0.823. The third kappa shape index (κ3) is 2.41. The van der Waals surface area contributed by atoms with E-state index in [0.29, 0.717) is 35.7 Å². The smallest absolute Gasteiger partial charge is 0.136 e. The van der Waals surface area contributed by atoms with Crippen LogP contribution in [0.5, 0.6) is 0 Å². The molecule has 2 aliphatic heterocycles. The number of hydrogen-bond acceptors (Lipinski definition) is 2. The average molecular weight is 282 g/mol. The van der Waals surface area contributed by atoms with E-state index in [-0.39, 0.29) is 11.9 Å². The number of halogens is 2. The summed E-state index contributed by atoms with van der Waals surface area (Å²) in [6, 6.07) is 5.45. The van der Waals surface area contributed by atoms with Crippen molar-refractivity contribution in [1.29, 1.82) is 0 Å². The Kier molecular flexibility index (Phi) is 3.35. The molecule has 2 saturated heterocycles. The second kappa shape index (κ2) is 4.88. The molecule has 0 amide bonds. The van der Waals surface area contributed by atoms with Crippen molar-refractivity contribution in [2.75, 3.05) is 0 Å². The molecule has 0 N–H and O–H groups in total. The maximum absolute atomic E-state index is 13.5. The Bertz CT molecular complexity index is 483. The highest BCUT2D eigenvalue weighted by atomic mass is 35.5. The lowest BCUT2D eigenvalue weighted by molar-refractivity contribution is -0.124. The number of benzene rings is 1. The number of Topliss-reactive ketones (excluding diaryl/α,β-unsaturated/α-hetero) is 1. The summed E-state index contributed by atoms with van der Waals surface area (Å²) in [5.74, 6) is 0.0722. The zero-order valence-corrected chi connectivity index (χ0v) is 11.7. The fourth-order valence-corrected chi connectivity index (χ4v) is 3.86. The van der Waals surface area contributed by atoms with E-state index >= 15 is 0 Å². The number of ketones is 1. The molecule has 0 radical (unpaired) electrons. The van der Waals surface area contributed by atoms with E-state index in [0.717, 1.165) is 18.4 Å². The van der Waals surface area contributed by atoms with E-state index in [1.54, 1.807) is 6.07 Å². The Labute approximate surface area is 117 Å². The van der Waals surface area contributed by atoms with E-state index in [1.165, 1.54) is 6.07 Å². The topological polar surface area (TPSA) is 20.3 Å². The van der Waals surface area contributed by atoms with Gasteiger partial charge in [-0.05, 0) is 43.5 Å². The molecule has 0 saturated carbocycles. The molecule has 4 heteroatoms. The van der Waals surface area contributed by atoms with Gasteiger partial charge in [0, 0.05) is 36.0 Å². The molecule has 2 fully saturated rings. The summed E-state index contributed by atoms with van der Waals surface area (Å²) in [7, 11) is 0. The molecule has 102 valence electrons. The Morgan fingerprint density at radius 1 is 1.26 bits per heavy atom. The standard InChI is InChI=1S/C15H17ClFNO/c1-9(10-4-11(16)6-12(17)5-10)18-13-2-3-14(18)8-15(19)7-13/h4-6,9,13-14H,2-3,7-8H2,1H3. The number of carbonyl (C=O) groups excluding carboxylic acids is 1. The molecule has 1 aromatic rings. The van der Waals surface area contributed by atoms with Crippen molar-refractivity contribution in [2.45, 2.75) is 50.7 Å². The number of piperidine rings is 1. The lowest BCUT2D eigenvalue weighted by Gasteiger charge is -2.39. The van der Waals surface area contributed by atoms with Crippen LogP contribution in [0.3, 0.4) is 0 Å². The number of fused-ring (bicyclic) bond motifs is 2. The Morgan fingerprint density at radius 3 is 2.47 bits per heavy atom. The number of carbonyl (C=O) groups is 1. The summed E-state index contributed by atoms with van der Waals surface area (Å²) in [5.41, 5.74) is 0.899. The average Bonchev–Trinajstić information content (AvgIpc) is 2.59. The largest absolute Gasteiger partial charge is 0.300 e. The highest BCUT2D eigenvalue weighted by molar-refractivity contribution is 6.30. The van der Waals surface area contributed by atoms with Crippen molar-refractivity contribution in [3.63, 3.8) is 0 Å². The molecule has 3 unspecified atom stereocenters. The van der Waals surface area contributed by atoms with E-state index < -0.39 is 0 Å². The van der Waals surface area contributed by atoms with Crippen LogP contribution in [0.15, 0.2) is 18.2 Å². The molecule has 0 aliphatic carbocycles. The number of nitrogens with zero attached hydrogens (tertiary/aromatic N) is 1. The first-order chi connectivity index (χ1) is 9.04. The van der Waals surface area contributed by atoms with Gasteiger partial charge in [0.05, 0.1) is 0 Å². The minimum absolute atomic E-state index is 0.110. The van der Waals surface area contributed by atoms with Gasteiger partial charge in [0.2, 0.25) is 0 Å². The van der Waals surface area contributed by atoms with Crippen LogP contribution in [0.4, 0.5) is 4.39 Å². The minimum atomic E-state index is -0.296. The van der Waals surface area contributed by atoms with Crippen molar-refractivity contribution in [2.24, 2.45) is 0 Å². The highest BCUT2D eigenvalue weighted by Gasteiger charge is 2.42. The molecule has 1 aromatic carbocycles. The van der Waals surface area contributed by atoms with Crippen LogP contribution in [-0.4, -0.2) is 22.8 Å². The van der Waals surface area contributed by atoms with Crippen LogP contribution in [0, 0.1) is 5.82 Å². The van der Waals surface area contributed by atoms with Crippen molar-refractivity contribution in [1.82, 2.24) is 4.90 Å². The second-order valence-electron chi connectivity index (χ2n) is 5.66. The lowest BCUT2D eigenvalue weighted by atomic mass is 9.96. The third-order valence-corrected chi connectivity index (χ3v) is 4.64. The molecule has 2 heterocycles. The molecule has 2 bridgehead atoms. The van der Waals surface area contributed by atoms with E-state index in [4.69, 9.17) is 11.6 Å². The summed E-state index contributed by atoms with van der Waals surface area (Å²) in [5, 5.41) is 0.433. The van der Waals surface area contributed by atoms with Crippen LogP contribution in [0.25, 0.3) is 0 Å². The molecular weight excluding hydrogens is 265 g/mol. The summed E-state index contributed by atoms with van der Waals surface area (Å²) in [6.07, 6.45) is 3.43. The SMILES string of the molecule is CC(c1cc(F)cc(Cl)c1)N1C2CCC1CC(=O)C2. The lowest BCUT2D eigenvalue weighted by Crippen LogP contribution is -2.44. The van der Waals surface area contributed by atoms with Crippen molar-refractivity contribution < 1.29 is 9.18 Å². The van der Waals surface area contributed by atoms with Gasteiger partial charge in [0.1, 0.15) is 11.6 Å². The van der Waals surface area contributed by atoms with Crippen LogP contribution in [-0.2, 0) is 4.79 Å². The van der Waals surface area contributed by atoms with Crippen molar-refractivity contribution in [3.05, 3.63) is 34.6 Å². The first-order valence-electron chi connectivity index (χ1n) is 6.79. The van der Waals surface area contributed by atoms with Crippen molar-refractivity contribution in [3.8, 4) is 0 Å². The molecule has 3 atom stereocenters. The molecule has 3 rings (SSSR count).